The number of rotatable bonds is 8. The zero-order chi connectivity index (χ0) is 54.7. The first kappa shape index (κ1) is 48.3. The van der Waals surface area contributed by atoms with Gasteiger partial charge in [0.2, 0.25) is 0 Å². The molecule has 0 aliphatic heterocycles. The number of para-hydroxylation sites is 4. The minimum Gasteiger partial charge on any atom is -0.456 e. The molecule has 0 aliphatic carbocycles. The first-order chi connectivity index (χ1) is 39.5. The average molecular weight is 1050 g/mol. The van der Waals surface area contributed by atoms with Gasteiger partial charge in [0.25, 0.3) is 0 Å². The van der Waals surface area contributed by atoms with Gasteiger partial charge in [-0.1, -0.05) is 236 Å². The molecule has 0 saturated heterocycles. The minimum atomic E-state index is -0.135. The Labute approximate surface area is 470 Å². The number of furan rings is 3. The smallest absolute Gasteiger partial charge is 0.159 e. The lowest BCUT2D eigenvalue weighted by Gasteiger charge is -2.28. The molecule has 81 heavy (non-hydrogen) atoms. The molecule has 0 radical (unpaired) electrons. The van der Waals surface area contributed by atoms with Crippen LogP contribution >= 0.6 is 0 Å². The molecule has 0 aliphatic rings. The van der Waals surface area contributed by atoms with Crippen molar-refractivity contribution in [3.63, 3.8) is 0 Å². The van der Waals surface area contributed by atoms with Crippen molar-refractivity contribution in [1.29, 1.82) is 0 Å². The highest BCUT2D eigenvalue weighted by atomic mass is 16.3. The van der Waals surface area contributed by atoms with E-state index in [9.17, 15) is 0 Å². The maximum atomic E-state index is 7.46. The Bertz CT molecular complexity index is 4660. The summed E-state index contributed by atoms with van der Waals surface area (Å²) in [5, 5.41) is 10.8. The van der Waals surface area contributed by atoms with Gasteiger partial charge in [-0.2, -0.15) is 0 Å². The van der Waals surface area contributed by atoms with Crippen LogP contribution < -0.4 is 9.80 Å². The second-order valence-electron chi connectivity index (χ2n) is 23.6. The number of hydrogen-bond acceptors (Lipinski definition) is 5. The molecule has 0 saturated carbocycles. The van der Waals surface area contributed by atoms with Gasteiger partial charge in [0, 0.05) is 77.7 Å². The molecule has 5 nitrogen and oxygen atoms in total. The van der Waals surface area contributed by atoms with E-state index in [2.05, 4.69) is 294 Å². The van der Waals surface area contributed by atoms with Crippen LogP contribution in [0.1, 0.15) is 52.7 Å². The maximum Gasteiger partial charge on any atom is 0.159 e. The Morgan fingerprint density at radius 3 is 1.00 bits per heavy atom. The number of hydrogen-bond donors (Lipinski definition) is 0. The number of benzene rings is 12. The Balaban J connectivity index is 1.01. The Morgan fingerprint density at radius 2 is 0.593 bits per heavy atom. The van der Waals surface area contributed by atoms with Gasteiger partial charge in [0.15, 0.2) is 11.2 Å². The Kier molecular flexibility index (Phi) is 11.0. The lowest BCUT2D eigenvalue weighted by atomic mass is 9.86. The third-order valence-corrected chi connectivity index (χ3v) is 16.5. The molecule has 0 atom stereocenters. The molecule has 3 aromatic heterocycles. The van der Waals surface area contributed by atoms with Crippen LogP contribution in [0.5, 0.6) is 0 Å². The second-order valence-corrected chi connectivity index (χ2v) is 23.6. The summed E-state index contributed by atoms with van der Waals surface area (Å²) < 4.78 is 21.9. The summed E-state index contributed by atoms with van der Waals surface area (Å²) >= 11 is 0. The fourth-order valence-electron chi connectivity index (χ4n) is 12.7. The number of fused-ring (bicyclic) bond motifs is 13. The van der Waals surface area contributed by atoms with Gasteiger partial charge < -0.3 is 23.1 Å². The highest BCUT2D eigenvalue weighted by Crippen LogP contribution is 2.53. The predicted octanol–water partition coefficient (Wildman–Crippen LogP) is 22.6. The van der Waals surface area contributed by atoms with E-state index in [1.54, 1.807) is 0 Å². The maximum absolute atomic E-state index is 7.46. The van der Waals surface area contributed by atoms with E-state index < -0.39 is 0 Å². The fourth-order valence-corrected chi connectivity index (χ4v) is 12.7. The summed E-state index contributed by atoms with van der Waals surface area (Å²) in [5.41, 5.74) is 17.4. The second kappa shape index (κ2) is 18.4. The third kappa shape index (κ3) is 7.82. The van der Waals surface area contributed by atoms with E-state index in [0.29, 0.717) is 0 Å². The molecule has 3 heterocycles. The average Bonchev–Trinajstić information content (AvgIpc) is 4.42. The largest absolute Gasteiger partial charge is 0.456 e. The van der Waals surface area contributed by atoms with Crippen LogP contribution in [-0.2, 0) is 10.8 Å². The van der Waals surface area contributed by atoms with Gasteiger partial charge >= 0.3 is 0 Å². The molecule has 390 valence electrons. The topological polar surface area (TPSA) is 45.9 Å². The molecule has 5 heteroatoms. The van der Waals surface area contributed by atoms with Crippen LogP contribution in [0, 0.1) is 0 Å². The van der Waals surface area contributed by atoms with Gasteiger partial charge in [0.1, 0.15) is 22.3 Å². The number of nitrogens with zero attached hydrogens (tertiary/aromatic N) is 2. The van der Waals surface area contributed by atoms with Crippen molar-refractivity contribution in [2.24, 2.45) is 0 Å². The van der Waals surface area contributed by atoms with Crippen molar-refractivity contribution in [3.05, 3.63) is 254 Å². The van der Waals surface area contributed by atoms with Crippen molar-refractivity contribution in [2.75, 3.05) is 9.80 Å². The zero-order valence-corrected chi connectivity index (χ0v) is 46.2. The Morgan fingerprint density at radius 1 is 0.259 bits per heavy atom. The van der Waals surface area contributed by atoms with Crippen molar-refractivity contribution in [1.82, 2.24) is 0 Å². The summed E-state index contributed by atoms with van der Waals surface area (Å²) in [6, 6.07) is 87.3. The van der Waals surface area contributed by atoms with E-state index in [1.165, 1.54) is 11.1 Å². The van der Waals surface area contributed by atoms with E-state index in [0.717, 1.165) is 144 Å². The van der Waals surface area contributed by atoms with Crippen LogP contribution in [0.3, 0.4) is 0 Å². The summed E-state index contributed by atoms with van der Waals surface area (Å²) in [4.78, 5) is 4.76. The molecule has 0 fully saturated rings. The van der Waals surface area contributed by atoms with Crippen LogP contribution in [0.4, 0.5) is 34.1 Å². The van der Waals surface area contributed by atoms with Crippen molar-refractivity contribution in [3.8, 4) is 22.3 Å². The van der Waals surface area contributed by atoms with E-state index in [-0.39, 0.29) is 10.8 Å². The summed E-state index contributed by atoms with van der Waals surface area (Å²) in [5.74, 6) is 0. The van der Waals surface area contributed by atoms with Crippen molar-refractivity contribution in [2.45, 2.75) is 52.4 Å². The molecule has 0 amide bonds. The predicted molar refractivity (Wildman–Crippen MR) is 341 cm³/mol. The Hall–Kier alpha value is -9.84. The molecular formula is C76H58N2O3. The molecule has 0 unspecified atom stereocenters. The molecule has 12 aromatic carbocycles. The quantitative estimate of drug-likeness (QED) is 0.152. The lowest BCUT2D eigenvalue weighted by Crippen LogP contribution is -2.11. The van der Waals surface area contributed by atoms with Gasteiger partial charge in [-0.3, -0.25) is 0 Å². The summed E-state index contributed by atoms with van der Waals surface area (Å²) in [7, 11) is 0. The normalized spacial score (nSPS) is 12.3. The standard InChI is InChI=1S/C76H58N2O3/c1-75(2,3)61-39-19-35-57-59-37-21-41-63(73(59)80-71(57)61)77(51-29-17-27-49(43-51)47-23-9-7-10-24-47)65-45-67-69(55-33-15-13-31-53(55)65)70-56-34-16-14-32-54(56)66(46-68(70)79-67)78(52-30-18-28-50(44-52)48-25-11-8-12-26-48)64-42-22-38-60-58-36-20-40-62(76(4,5)6)72(58)81-74(60)64/h7-46H,1-6H3. The van der Waals surface area contributed by atoms with Gasteiger partial charge in [-0.05, 0) is 80.3 Å². The highest BCUT2D eigenvalue weighted by Gasteiger charge is 2.30. The lowest BCUT2D eigenvalue weighted by molar-refractivity contribution is 0.572. The van der Waals surface area contributed by atoms with Gasteiger partial charge in [-0.25, -0.2) is 0 Å². The van der Waals surface area contributed by atoms with Crippen molar-refractivity contribution >= 4 is 121 Å². The third-order valence-electron chi connectivity index (χ3n) is 16.5. The first-order valence-electron chi connectivity index (χ1n) is 28.1. The van der Waals surface area contributed by atoms with Gasteiger partial charge in [-0.15, -0.1) is 0 Å². The van der Waals surface area contributed by atoms with Crippen LogP contribution in [0.2, 0.25) is 0 Å². The summed E-state index contributed by atoms with van der Waals surface area (Å²) in [6.45, 7) is 13.5. The highest BCUT2D eigenvalue weighted by molar-refractivity contribution is 6.30. The molecular weight excluding hydrogens is 989 g/mol. The molecule has 15 rings (SSSR count). The van der Waals surface area contributed by atoms with Gasteiger partial charge in [0.05, 0.1) is 22.7 Å². The number of anilines is 6. The molecule has 0 spiro atoms. The molecule has 15 aromatic rings. The molecule has 0 N–H and O–H groups in total. The van der Waals surface area contributed by atoms with E-state index >= 15 is 0 Å². The zero-order valence-electron chi connectivity index (χ0n) is 46.2. The van der Waals surface area contributed by atoms with E-state index in [4.69, 9.17) is 13.3 Å². The SMILES string of the molecule is CC(C)(C)c1cccc2c1oc1c(N(c3cccc(-c4ccccc4)c3)c3cc4oc5cc(N(c6cccc(-c7ccccc7)c6)c6cccc7c6oc6c(C(C)(C)C)cccc67)c6ccccc6c5c4c4ccccc34)cccc12. The van der Waals surface area contributed by atoms with Crippen LogP contribution in [0.25, 0.3) is 110 Å². The molecule has 0 bridgehead atoms. The minimum absolute atomic E-state index is 0.135. The van der Waals surface area contributed by atoms with Crippen molar-refractivity contribution < 1.29 is 13.3 Å². The van der Waals surface area contributed by atoms with Crippen LogP contribution in [-0.4, -0.2) is 0 Å². The van der Waals surface area contributed by atoms with E-state index in [1.807, 2.05) is 0 Å². The monoisotopic (exact) mass is 1050 g/mol. The van der Waals surface area contributed by atoms with Crippen LogP contribution in [0.15, 0.2) is 256 Å². The fraction of sp³-hybridized carbons (Fsp3) is 0.105. The summed E-state index contributed by atoms with van der Waals surface area (Å²) in [6.07, 6.45) is 0. The first-order valence-corrected chi connectivity index (χ1v) is 28.1.